The largest absolute Gasteiger partial charge is 0.480 e. The zero-order chi connectivity index (χ0) is 30.0. The molecule has 4 unspecified atom stereocenters. The summed E-state index contributed by atoms with van der Waals surface area (Å²) in [7, 11) is 0. The molecule has 0 spiro atoms. The predicted octanol–water partition coefficient (Wildman–Crippen LogP) is -3.26. The van der Waals surface area contributed by atoms with E-state index in [1.807, 2.05) is 0 Å². The van der Waals surface area contributed by atoms with Gasteiger partial charge in [-0.05, 0) is 57.4 Å². The summed E-state index contributed by atoms with van der Waals surface area (Å²) < 4.78 is 0. The fourth-order valence-electron chi connectivity index (χ4n) is 3.50. The van der Waals surface area contributed by atoms with Crippen LogP contribution in [0.1, 0.15) is 58.8 Å². The molecule has 224 valence electrons. The normalized spacial score (nSPS) is 13.9. The summed E-state index contributed by atoms with van der Waals surface area (Å²) >= 11 is 0. The Morgan fingerprint density at radius 2 is 1.23 bits per heavy atom. The highest BCUT2D eigenvalue weighted by atomic mass is 16.4. The van der Waals surface area contributed by atoms with Crippen molar-refractivity contribution in [3.63, 3.8) is 0 Å². The second kappa shape index (κ2) is 19.4. The Labute approximate surface area is 229 Å². The van der Waals surface area contributed by atoms with Gasteiger partial charge < -0.3 is 55.5 Å². The van der Waals surface area contributed by atoms with Gasteiger partial charge in [-0.1, -0.05) is 13.8 Å². The van der Waals surface area contributed by atoms with Crippen molar-refractivity contribution in [1.82, 2.24) is 16.0 Å². The topological polar surface area (TPSA) is 305 Å². The number of carboxylic acids is 1. The summed E-state index contributed by atoms with van der Waals surface area (Å²) in [6, 6.07) is -4.17. The third-order valence-electron chi connectivity index (χ3n) is 5.69. The highest BCUT2D eigenvalue weighted by molar-refractivity contribution is 5.94. The third-order valence-corrected chi connectivity index (χ3v) is 5.69. The number of carbonyl (C=O) groups is 4. The molecule has 0 rings (SSSR count). The number of aliphatic carboxylic acids is 1. The van der Waals surface area contributed by atoms with Crippen molar-refractivity contribution in [2.45, 2.75) is 83.0 Å². The van der Waals surface area contributed by atoms with E-state index < -0.39 is 47.9 Å². The van der Waals surface area contributed by atoms with Gasteiger partial charge in [0.25, 0.3) is 0 Å². The number of aliphatic imine (C=N–C) groups is 2. The Hall–Kier alpha value is -3.66. The minimum atomic E-state index is -1.20. The van der Waals surface area contributed by atoms with E-state index in [-0.39, 0.29) is 43.6 Å². The zero-order valence-corrected chi connectivity index (χ0v) is 22.9. The average molecular weight is 558 g/mol. The summed E-state index contributed by atoms with van der Waals surface area (Å²) in [5.41, 5.74) is 32.7. The number of nitrogens with two attached hydrogens (primary N) is 6. The molecular weight excluding hydrogens is 510 g/mol. The predicted molar refractivity (Wildman–Crippen MR) is 149 cm³/mol. The number of nitrogens with one attached hydrogen (secondary N) is 3. The Morgan fingerprint density at radius 1 is 0.718 bits per heavy atom. The van der Waals surface area contributed by atoms with Gasteiger partial charge in [0.15, 0.2) is 11.9 Å². The maximum Gasteiger partial charge on any atom is 0.326 e. The first kappa shape index (κ1) is 35.3. The van der Waals surface area contributed by atoms with Crippen molar-refractivity contribution < 1.29 is 24.3 Å². The number of rotatable bonds is 20. The van der Waals surface area contributed by atoms with Crippen molar-refractivity contribution in [3.05, 3.63) is 0 Å². The van der Waals surface area contributed by atoms with Crippen LogP contribution in [0.25, 0.3) is 0 Å². The Bertz CT molecular complexity index is 842. The molecule has 0 aliphatic carbocycles. The molecular formula is C23H47N11O5. The number of carbonyl (C=O) groups excluding carboxylic acids is 3. The minimum Gasteiger partial charge on any atom is -0.480 e. The van der Waals surface area contributed by atoms with Gasteiger partial charge in [-0.15, -0.1) is 0 Å². The van der Waals surface area contributed by atoms with Gasteiger partial charge in [-0.2, -0.15) is 0 Å². The van der Waals surface area contributed by atoms with E-state index in [9.17, 15) is 24.3 Å². The number of hydrogen-bond donors (Lipinski definition) is 10. The second-order valence-electron chi connectivity index (χ2n) is 9.48. The van der Waals surface area contributed by atoms with Crippen molar-refractivity contribution in [1.29, 1.82) is 0 Å². The van der Waals surface area contributed by atoms with Gasteiger partial charge >= 0.3 is 5.97 Å². The standard InChI is InChI=1S/C23H47N11O5/c1-13(2)17(34-18(35)14(25)7-5-11-30-22(26)27)20(37)32-15(9-6-12-31-23(28)29)19(36)33-16(21(38)39)8-3-4-10-24/h13-17H,3-12,24-25H2,1-2H3,(H,32,37)(H,33,36)(H,34,35)(H,38,39)(H4,26,27,30)(H4,28,29,31). The molecule has 0 bridgehead atoms. The lowest BCUT2D eigenvalue weighted by Crippen LogP contribution is -2.58. The van der Waals surface area contributed by atoms with E-state index >= 15 is 0 Å². The van der Waals surface area contributed by atoms with Crippen LogP contribution in [-0.2, 0) is 19.2 Å². The van der Waals surface area contributed by atoms with E-state index in [1.165, 1.54) is 0 Å². The number of nitrogens with zero attached hydrogens (tertiary/aromatic N) is 2. The third kappa shape index (κ3) is 16.0. The summed E-state index contributed by atoms with van der Waals surface area (Å²) in [6.07, 6.45) is 2.46. The van der Waals surface area contributed by atoms with Gasteiger partial charge in [0, 0.05) is 13.1 Å². The first-order chi connectivity index (χ1) is 18.3. The molecule has 0 fully saturated rings. The molecule has 0 saturated heterocycles. The Morgan fingerprint density at radius 3 is 1.72 bits per heavy atom. The lowest BCUT2D eigenvalue weighted by atomic mass is 10.0. The van der Waals surface area contributed by atoms with E-state index in [1.54, 1.807) is 13.8 Å². The fraction of sp³-hybridized carbons (Fsp3) is 0.739. The smallest absolute Gasteiger partial charge is 0.326 e. The van der Waals surface area contributed by atoms with Gasteiger partial charge in [0.05, 0.1) is 6.04 Å². The van der Waals surface area contributed by atoms with E-state index in [4.69, 9.17) is 34.4 Å². The lowest BCUT2D eigenvalue weighted by Gasteiger charge is -2.27. The summed E-state index contributed by atoms with van der Waals surface area (Å²) in [5, 5.41) is 17.3. The molecule has 0 aromatic heterocycles. The summed E-state index contributed by atoms with van der Waals surface area (Å²) in [4.78, 5) is 58.2. The van der Waals surface area contributed by atoms with E-state index in [2.05, 4.69) is 25.9 Å². The van der Waals surface area contributed by atoms with Crippen LogP contribution in [0.2, 0.25) is 0 Å². The van der Waals surface area contributed by atoms with Crippen LogP contribution in [0.5, 0.6) is 0 Å². The Balaban J connectivity index is 5.46. The van der Waals surface area contributed by atoms with Crippen LogP contribution >= 0.6 is 0 Å². The molecule has 0 saturated carbocycles. The summed E-state index contributed by atoms with van der Waals surface area (Å²) in [5.74, 6) is -3.59. The van der Waals surface area contributed by atoms with Gasteiger partial charge in [-0.25, -0.2) is 4.79 Å². The average Bonchev–Trinajstić information content (AvgIpc) is 2.85. The van der Waals surface area contributed by atoms with Crippen LogP contribution in [0.15, 0.2) is 9.98 Å². The van der Waals surface area contributed by atoms with Crippen LogP contribution in [-0.4, -0.2) is 84.5 Å². The van der Waals surface area contributed by atoms with E-state index in [0.717, 1.165) is 0 Å². The summed E-state index contributed by atoms with van der Waals surface area (Å²) in [6.45, 7) is 4.34. The van der Waals surface area contributed by atoms with Crippen molar-refractivity contribution in [2.75, 3.05) is 19.6 Å². The fourth-order valence-corrected chi connectivity index (χ4v) is 3.50. The molecule has 3 amide bonds. The molecule has 0 heterocycles. The maximum absolute atomic E-state index is 13.2. The monoisotopic (exact) mass is 557 g/mol. The molecule has 0 aromatic carbocycles. The lowest BCUT2D eigenvalue weighted by molar-refractivity contribution is -0.142. The van der Waals surface area contributed by atoms with E-state index in [0.29, 0.717) is 38.8 Å². The van der Waals surface area contributed by atoms with Crippen molar-refractivity contribution >= 4 is 35.6 Å². The maximum atomic E-state index is 13.2. The zero-order valence-electron chi connectivity index (χ0n) is 22.9. The van der Waals surface area contributed by atoms with Crippen LogP contribution in [0.3, 0.4) is 0 Å². The van der Waals surface area contributed by atoms with Crippen molar-refractivity contribution in [3.8, 4) is 0 Å². The van der Waals surface area contributed by atoms with Gasteiger partial charge in [0.1, 0.15) is 18.1 Å². The molecule has 39 heavy (non-hydrogen) atoms. The van der Waals surface area contributed by atoms with Crippen molar-refractivity contribution in [2.24, 2.45) is 50.3 Å². The number of guanidine groups is 2. The number of hydrogen-bond acceptors (Lipinski definition) is 8. The van der Waals surface area contributed by atoms with Gasteiger partial charge in [0.2, 0.25) is 17.7 Å². The second-order valence-corrected chi connectivity index (χ2v) is 9.48. The van der Waals surface area contributed by atoms with Gasteiger partial charge in [-0.3, -0.25) is 24.4 Å². The highest BCUT2D eigenvalue weighted by Gasteiger charge is 2.31. The van der Waals surface area contributed by atoms with Crippen LogP contribution in [0.4, 0.5) is 0 Å². The SMILES string of the molecule is CC(C)C(NC(=O)C(N)CCCN=C(N)N)C(=O)NC(CCCN=C(N)N)C(=O)NC(CCCCN)C(=O)O. The van der Waals surface area contributed by atoms with Crippen LogP contribution in [0, 0.1) is 5.92 Å². The highest BCUT2D eigenvalue weighted by Crippen LogP contribution is 2.08. The number of carboxylic acid groups (broad SMARTS) is 1. The van der Waals surface area contributed by atoms with Crippen LogP contribution < -0.4 is 50.4 Å². The minimum absolute atomic E-state index is 0.0632. The molecule has 0 aliphatic rings. The first-order valence-electron chi connectivity index (χ1n) is 13.0. The first-order valence-corrected chi connectivity index (χ1v) is 13.0. The molecule has 4 atom stereocenters. The number of amides is 3. The molecule has 0 aliphatic heterocycles. The number of unbranched alkanes of at least 4 members (excludes halogenated alkanes) is 1. The molecule has 16 N–H and O–H groups in total. The molecule has 0 aromatic rings. The quantitative estimate of drug-likeness (QED) is 0.0402. The molecule has 16 nitrogen and oxygen atoms in total. The Kier molecular flexibility index (Phi) is 17.6. The molecule has 16 heteroatoms. The molecule has 0 radical (unpaired) electrons.